The molecule has 9 nitrogen and oxygen atoms in total. The average Bonchev–Trinajstić information content (AvgIpc) is 3.10. The van der Waals surface area contributed by atoms with Gasteiger partial charge in [-0.25, -0.2) is 0 Å². The van der Waals surface area contributed by atoms with Crippen LogP contribution in [0.5, 0.6) is 5.75 Å². The minimum absolute atomic E-state index is 0.0324. The second kappa shape index (κ2) is 10.1. The molecular weight excluding hydrogens is 476 g/mol. The molecule has 1 atom stereocenters. The SMILES string of the molecule is CCOc1ccc(C(=O)NC(=S)Nc2sc3c(c2C(N)=O)CC[C@H](C(C)(C)C)C3)cc1[N+](=O)[O-]. The molecule has 0 radical (unpaired) electrons. The van der Waals surface area contributed by atoms with Gasteiger partial charge in [0, 0.05) is 16.5 Å². The first-order valence-corrected chi connectivity index (χ1v) is 12.1. The predicted octanol–water partition coefficient (Wildman–Crippen LogP) is 4.43. The Morgan fingerprint density at radius 2 is 2.06 bits per heavy atom. The maximum atomic E-state index is 12.7. The molecule has 182 valence electrons. The molecule has 0 unspecified atom stereocenters. The van der Waals surface area contributed by atoms with Crippen molar-refractivity contribution in [2.45, 2.75) is 47.0 Å². The number of fused-ring (bicyclic) bond motifs is 1. The van der Waals surface area contributed by atoms with Gasteiger partial charge in [-0.3, -0.25) is 25.0 Å². The molecule has 1 heterocycles. The summed E-state index contributed by atoms with van der Waals surface area (Å²) in [6, 6.07) is 3.92. The molecule has 0 bridgehead atoms. The van der Waals surface area contributed by atoms with Gasteiger partial charge in [-0.2, -0.15) is 0 Å². The molecule has 0 aliphatic heterocycles. The van der Waals surface area contributed by atoms with Gasteiger partial charge in [0.1, 0.15) is 5.00 Å². The smallest absolute Gasteiger partial charge is 0.311 e. The Balaban J connectivity index is 1.78. The second-order valence-corrected chi connectivity index (χ2v) is 10.7. The van der Waals surface area contributed by atoms with Gasteiger partial charge in [-0.05, 0) is 67.4 Å². The Morgan fingerprint density at radius 3 is 2.65 bits per heavy atom. The highest BCUT2D eigenvalue weighted by Crippen LogP contribution is 2.44. The van der Waals surface area contributed by atoms with E-state index in [1.165, 1.54) is 23.5 Å². The van der Waals surface area contributed by atoms with E-state index in [0.717, 1.165) is 35.8 Å². The minimum Gasteiger partial charge on any atom is -0.487 e. The fourth-order valence-corrected chi connectivity index (χ4v) is 5.66. The van der Waals surface area contributed by atoms with E-state index in [9.17, 15) is 19.7 Å². The number of carbonyl (C=O) groups is 2. The first-order chi connectivity index (χ1) is 15.9. The zero-order valence-electron chi connectivity index (χ0n) is 19.5. The lowest BCUT2D eigenvalue weighted by Crippen LogP contribution is -2.34. The normalized spacial score (nSPS) is 15.2. The van der Waals surface area contributed by atoms with Crippen LogP contribution in [0.3, 0.4) is 0 Å². The quantitative estimate of drug-likeness (QED) is 0.301. The van der Waals surface area contributed by atoms with E-state index in [1.54, 1.807) is 6.92 Å². The number of primary amides is 1. The van der Waals surface area contributed by atoms with Gasteiger partial charge in [0.15, 0.2) is 10.9 Å². The summed E-state index contributed by atoms with van der Waals surface area (Å²) in [6.07, 6.45) is 2.56. The lowest BCUT2D eigenvalue weighted by atomic mass is 9.72. The molecule has 0 fully saturated rings. The molecule has 1 aliphatic carbocycles. The van der Waals surface area contributed by atoms with Crippen molar-refractivity contribution in [1.82, 2.24) is 5.32 Å². The molecule has 34 heavy (non-hydrogen) atoms. The summed E-state index contributed by atoms with van der Waals surface area (Å²) in [4.78, 5) is 36.7. The van der Waals surface area contributed by atoms with E-state index in [4.69, 9.17) is 22.7 Å². The maximum absolute atomic E-state index is 12.7. The number of amides is 2. The molecule has 4 N–H and O–H groups in total. The number of hydrogen-bond acceptors (Lipinski definition) is 7. The number of nitro groups is 1. The molecule has 3 rings (SSSR count). The number of nitrogens with one attached hydrogen (secondary N) is 2. The number of nitrogens with zero attached hydrogens (tertiary/aromatic N) is 1. The third-order valence-electron chi connectivity index (χ3n) is 5.91. The van der Waals surface area contributed by atoms with Gasteiger partial charge in [0.25, 0.3) is 11.8 Å². The van der Waals surface area contributed by atoms with Crippen LogP contribution in [0.2, 0.25) is 0 Å². The zero-order chi connectivity index (χ0) is 25.2. The van der Waals surface area contributed by atoms with Crippen LogP contribution < -0.4 is 21.1 Å². The van der Waals surface area contributed by atoms with Crippen LogP contribution in [-0.2, 0) is 12.8 Å². The van der Waals surface area contributed by atoms with E-state index < -0.39 is 16.7 Å². The Morgan fingerprint density at radius 1 is 1.35 bits per heavy atom. The van der Waals surface area contributed by atoms with Crippen molar-refractivity contribution in [2.24, 2.45) is 17.1 Å². The summed E-state index contributed by atoms with van der Waals surface area (Å²) in [5.41, 5.74) is 6.90. The van der Waals surface area contributed by atoms with E-state index in [0.29, 0.717) is 16.5 Å². The number of rotatable bonds is 6. The third-order valence-corrected chi connectivity index (χ3v) is 7.28. The molecule has 0 spiro atoms. The fourth-order valence-electron chi connectivity index (χ4n) is 4.06. The largest absolute Gasteiger partial charge is 0.487 e. The van der Waals surface area contributed by atoms with E-state index >= 15 is 0 Å². The summed E-state index contributed by atoms with van der Waals surface area (Å²) >= 11 is 6.70. The van der Waals surface area contributed by atoms with Gasteiger partial charge in [-0.1, -0.05) is 20.8 Å². The van der Waals surface area contributed by atoms with Gasteiger partial charge < -0.3 is 15.8 Å². The Kier molecular flexibility index (Phi) is 7.57. The number of nitro benzene ring substituents is 1. The average molecular weight is 505 g/mol. The zero-order valence-corrected chi connectivity index (χ0v) is 21.2. The monoisotopic (exact) mass is 504 g/mol. The number of thiophene rings is 1. The minimum atomic E-state index is -0.626. The first kappa shape index (κ1) is 25.6. The third kappa shape index (κ3) is 5.53. The van der Waals surface area contributed by atoms with Crippen molar-refractivity contribution in [3.05, 3.63) is 49.9 Å². The molecule has 11 heteroatoms. The van der Waals surface area contributed by atoms with Crippen molar-refractivity contribution < 1.29 is 19.2 Å². The molecule has 1 aliphatic rings. The molecule has 2 amide bonds. The molecule has 0 saturated heterocycles. The van der Waals surface area contributed by atoms with Gasteiger partial charge in [0.05, 0.1) is 17.1 Å². The van der Waals surface area contributed by atoms with Gasteiger partial charge in [-0.15, -0.1) is 11.3 Å². The molecule has 2 aromatic rings. The number of ether oxygens (including phenoxy) is 1. The van der Waals surface area contributed by atoms with Crippen LogP contribution in [-0.4, -0.2) is 28.5 Å². The lowest BCUT2D eigenvalue weighted by molar-refractivity contribution is -0.385. The number of nitrogens with two attached hydrogens (primary N) is 1. The Labute approximate surface area is 207 Å². The number of carbonyl (C=O) groups excluding carboxylic acids is 2. The first-order valence-electron chi connectivity index (χ1n) is 10.9. The Hall–Kier alpha value is -3.05. The highest BCUT2D eigenvalue weighted by molar-refractivity contribution is 7.80. The van der Waals surface area contributed by atoms with E-state index in [2.05, 4.69) is 31.4 Å². The predicted molar refractivity (Wildman–Crippen MR) is 136 cm³/mol. The maximum Gasteiger partial charge on any atom is 0.311 e. The number of hydrogen-bond donors (Lipinski definition) is 3. The molecule has 1 aromatic carbocycles. The van der Waals surface area contributed by atoms with Gasteiger partial charge >= 0.3 is 5.69 Å². The second-order valence-electron chi connectivity index (χ2n) is 9.16. The van der Waals surface area contributed by atoms with Crippen LogP contribution in [0.15, 0.2) is 18.2 Å². The molecular formula is C23H28N4O5S2. The topological polar surface area (TPSA) is 137 Å². The van der Waals surface area contributed by atoms with Crippen molar-refractivity contribution in [3.8, 4) is 5.75 Å². The lowest BCUT2D eigenvalue weighted by Gasteiger charge is -2.33. The van der Waals surface area contributed by atoms with Crippen molar-refractivity contribution >= 4 is 51.2 Å². The Bertz CT molecular complexity index is 1150. The van der Waals surface area contributed by atoms with Crippen LogP contribution >= 0.6 is 23.6 Å². The van der Waals surface area contributed by atoms with Crippen molar-refractivity contribution in [1.29, 1.82) is 0 Å². The number of thiocarbonyl (C=S) groups is 1. The standard InChI is InChI=1S/C23H28N4O5S2/c1-5-32-16-9-6-12(10-15(16)27(30)31)20(29)25-22(33)26-21-18(19(24)28)14-8-7-13(23(2,3)4)11-17(14)34-21/h6,9-10,13H,5,7-8,11H2,1-4H3,(H2,24,28)(H2,25,26,29,33)/t13-/m0/s1. The number of benzene rings is 1. The van der Waals surface area contributed by atoms with Crippen molar-refractivity contribution in [3.63, 3.8) is 0 Å². The summed E-state index contributed by atoms with van der Waals surface area (Å²) in [5, 5.41) is 17.2. The highest BCUT2D eigenvalue weighted by atomic mass is 32.1. The highest BCUT2D eigenvalue weighted by Gasteiger charge is 2.33. The molecule has 0 saturated carbocycles. The summed E-state index contributed by atoms with van der Waals surface area (Å²) in [7, 11) is 0. The van der Waals surface area contributed by atoms with E-state index in [1.807, 2.05) is 0 Å². The van der Waals surface area contributed by atoms with Crippen molar-refractivity contribution in [2.75, 3.05) is 11.9 Å². The summed E-state index contributed by atoms with van der Waals surface area (Å²) in [5.74, 6) is -0.619. The summed E-state index contributed by atoms with van der Waals surface area (Å²) < 4.78 is 5.24. The van der Waals surface area contributed by atoms with Crippen LogP contribution in [0.1, 0.15) is 65.3 Å². The van der Waals surface area contributed by atoms with Crippen LogP contribution in [0, 0.1) is 21.4 Å². The fraction of sp³-hybridized carbons (Fsp3) is 0.435. The molecule has 1 aromatic heterocycles. The van der Waals surface area contributed by atoms with Crippen LogP contribution in [0.25, 0.3) is 0 Å². The number of anilines is 1. The van der Waals surface area contributed by atoms with E-state index in [-0.39, 0.29) is 34.1 Å². The summed E-state index contributed by atoms with van der Waals surface area (Å²) in [6.45, 7) is 8.59. The van der Waals surface area contributed by atoms with Gasteiger partial charge in [0.2, 0.25) is 0 Å². The van der Waals surface area contributed by atoms with Crippen LogP contribution in [0.4, 0.5) is 10.7 Å².